The van der Waals surface area contributed by atoms with Crippen LogP contribution in [0.1, 0.15) is 94.2 Å². The Kier molecular flexibility index (Phi) is 14.5. The standard InChI is InChI=1S/C50H58N2O4/c1-35(19-13-21-37(3)25-27-43-39(5)47(55)45(31-49(43,7)8)51-29-15-23-41(53)33-51)17-11-12-18-36(2)20-14-22-38(4)26-28-44-40(6)48(56)46(32-50(44,9)10)52-30-16-24-42(54)34-52/h11-30,33-34,45-46H,31-32H2,1-10H3/p+2/b12-11+,19-13+,20-14+,27-25+,28-26+,35-17+,36-18+,37-21+,38-22+. The Bertz CT molecular complexity index is 2020. The largest absolute Gasteiger partial charge is 0.503 e. The van der Waals surface area contributed by atoms with Crippen molar-refractivity contribution in [2.24, 2.45) is 10.8 Å². The fourth-order valence-electron chi connectivity index (χ4n) is 7.45. The maximum Gasteiger partial charge on any atom is 0.226 e. The molecule has 0 aliphatic heterocycles. The predicted octanol–water partition coefficient (Wildman–Crippen LogP) is 10.7. The molecule has 2 aromatic heterocycles. The number of carbonyl (C=O) groups is 2. The number of carbonyl (C=O) groups excluding carboxylic acids is 2. The summed E-state index contributed by atoms with van der Waals surface area (Å²) in [5, 5.41) is 19.9. The molecule has 2 aliphatic carbocycles. The van der Waals surface area contributed by atoms with Crippen molar-refractivity contribution in [1.29, 1.82) is 0 Å². The third-order valence-electron chi connectivity index (χ3n) is 10.6. The molecule has 0 fully saturated rings. The highest BCUT2D eigenvalue weighted by Crippen LogP contribution is 2.43. The summed E-state index contributed by atoms with van der Waals surface area (Å²) in [6.07, 6.45) is 37.1. The van der Waals surface area contributed by atoms with Crippen molar-refractivity contribution in [3.05, 3.63) is 179 Å². The summed E-state index contributed by atoms with van der Waals surface area (Å²) in [6.45, 7) is 20.7. The first-order valence-corrected chi connectivity index (χ1v) is 19.4. The van der Waals surface area contributed by atoms with Crippen molar-refractivity contribution in [1.82, 2.24) is 0 Å². The monoisotopic (exact) mass is 752 g/mol. The lowest BCUT2D eigenvalue weighted by Gasteiger charge is -2.34. The molecular weight excluding hydrogens is 693 g/mol. The van der Waals surface area contributed by atoms with Gasteiger partial charge in [-0.2, -0.15) is 9.13 Å². The highest BCUT2D eigenvalue weighted by atomic mass is 16.3. The first-order valence-electron chi connectivity index (χ1n) is 19.4. The molecule has 0 amide bonds. The van der Waals surface area contributed by atoms with E-state index in [0.29, 0.717) is 12.8 Å². The van der Waals surface area contributed by atoms with Crippen LogP contribution in [0, 0.1) is 10.8 Å². The number of hydrogen-bond donors (Lipinski definition) is 2. The third-order valence-corrected chi connectivity index (χ3v) is 10.6. The van der Waals surface area contributed by atoms with Gasteiger partial charge in [0.2, 0.25) is 36.0 Å². The van der Waals surface area contributed by atoms with Gasteiger partial charge in [-0.3, -0.25) is 9.59 Å². The molecule has 292 valence electrons. The Morgan fingerprint density at radius 1 is 0.589 bits per heavy atom. The van der Waals surface area contributed by atoms with E-state index in [2.05, 4.69) is 116 Å². The lowest BCUT2D eigenvalue weighted by molar-refractivity contribution is -0.711. The van der Waals surface area contributed by atoms with Crippen molar-refractivity contribution < 1.29 is 28.9 Å². The van der Waals surface area contributed by atoms with Gasteiger partial charge in [-0.1, -0.05) is 135 Å². The number of allylic oxidation sites excluding steroid dienone is 22. The van der Waals surface area contributed by atoms with Crippen LogP contribution < -0.4 is 9.13 Å². The van der Waals surface area contributed by atoms with Crippen LogP contribution >= 0.6 is 0 Å². The van der Waals surface area contributed by atoms with Gasteiger partial charge in [0.1, 0.15) is 0 Å². The van der Waals surface area contributed by atoms with Crippen LogP contribution in [0.3, 0.4) is 0 Å². The highest BCUT2D eigenvalue weighted by molar-refractivity contribution is 5.99. The summed E-state index contributed by atoms with van der Waals surface area (Å²) in [7, 11) is 0. The maximum atomic E-state index is 13.3. The molecule has 0 aromatic carbocycles. The number of pyridine rings is 2. The zero-order valence-electron chi connectivity index (χ0n) is 34.9. The molecule has 2 aliphatic rings. The second-order valence-electron chi connectivity index (χ2n) is 16.4. The summed E-state index contributed by atoms with van der Waals surface area (Å²) in [4.78, 5) is 26.7. The van der Waals surface area contributed by atoms with Crippen LogP contribution in [0.4, 0.5) is 0 Å². The topological polar surface area (TPSA) is 82.4 Å². The Morgan fingerprint density at radius 3 is 1.29 bits per heavy atom. The molecule has 0 saturated heterocycles. The second kappa shape index (κ2) is 18.8. The molecular formula is C50H60N2O4+2. The van der Waals surface area contributed by atoms with Gasteiger partial charge in [0.25, 0.3) is 0 Å². The quantitative estimate of drug-likeness (QED) is 0.167. The average molecular weight is 753 g/mol. The van der Waals surface area contributed by atoms with E-state index in [1.165, 1.54) is 0 Å². The van der Waals surface area contributed by atoms with Gasteiger partial charge in [0.05, 0.1) is 0 Å². The fourth-order valence-corrected chi connectivity index (χ4v) is 7.45. The smallest absolute Gasteiger partial charge is 0.226 e. The van der Waals surface area contributed by atoms with Crippen LogP contribution in [-0.2, 0) is 9.59 Å². The number of hydrogen-bond acceptors (Lipinski definition) is 4. The fraction of sp³-hybridized carbons (Fsp3) is 0.320. The molecule has 6 heteroatoms. The van der Waals surface area contributed by atoms with Crippen molar-refractivity contribution in [2.75, 3.05) is 0 Å². The summed E-state index contributed by atoms with van der Waals surface area (Å²) in [6, 6.07) is 6.08. The average Bonchev–Trinajstić information content (AvgIpc) is 3.13. The van der Waals surface area contributed by atoms with Gasteiger partial charge in [0.15, 0.2) is 23.9 Å². The van der Waals surface area contributed by atoms with Crippen LogP contribution in [0.2, 0.25) is 0 Å². The molecule has 0 radical (unpaired) electrons. The molecule has 2 N–H and O–H groups in total. The number of ketones is 2. The van der Waals surface area contributed by atoms with E-state index in [-0.39, 0.29) is 46.0 Å². The van der Waals surface area contributed by atoms with Gasteiger partial charge in [-0.15, -0.1) is 0 Å². The molecule has 2 atom stereocenters. The lowest BCUT2D eigenvalue weighted by atomic mass is 9.70. The first kappa shape index (κ1) is 43.1. The first-order chi connectivity index (χ1) is 26.4. The molecule has 0 bridgehead atoms. The zero-order valence-corrected chi connectivity index (χ0v) is 34.9. The number of aromatic hydroxyl groups is 2. The minimum Gasteiger partial charge on any atom is -0.503 e. The molecule has 6 nitrogen and oxygen atoms in total. The summed E-state index contributed by atoms with van der Waals surface area (Å²) < 4.78 is 3.64. The molecule has 2 aromatic rings. The van der Waals surface area contributed by atoms with E-state index in [1.807, 2.05) is 59.7 Å². The molecule has 2 unspecified atom stereocenters. The van der Waals surface area contributed by atoms with Crippen molar-refractivity contribution >= 4 is 11.6 Å². The van der Waals surface area contributed by atoms with Crippen molar-refractivity contribution in [3.8, 4) is 11.5 Å². The molecule has 2 heterocycles. The van der Waals surface area contributed by atoms with E-state index in [0.717, 1.165) is 44.6 Å². The summed E-state index contributed by atoms with van der Waals surface area (Å²) in [5.74, 6) is 0.468. The maximum absolute atomic E-state index is 13.3. The Hall–Kier alpha value is -5.62. The lowest BCUT2D eigenvalue weighted by Crippen LogP contribution is -2.48. The number of rotatable bonds is 12. The van der Waals surface area contributed by atoms with Gasteiger partial charge in [-0.25, -0.2) is 0 Å². The van der Waals surface area contributed by atoms with Gasteiger partial charge >= 0.3 is 0 Å². The Balaban J connectivity index is 1.31. The molecule has 4 rings (SSSR count). The van der Waals surface area contributed by atoms with Crippen molar-refractivity contribution in [2.45, 2.75) is 94.2 Å². The number of aromatic nitrogens is 2. The molecule has 0 spiro atoms. The minimum absolute atomic E-state index is 0.0840. The van der Waals surface area contributed by atoms with E-state index < -0.39 is 0 Å². The van der Waals surface area contributed by atoms with E-state index in [1.54, 1.807) is 36.7 Å². The van der Waals surface area contributed by atoms with Crippen molar-refractivity contribution in [3.63, 3.8) is 0 Å². The minimum atomic E-state index is -0.334. The third kappa shape index (κ3) is 11.5. The second-order valence-corrected chi connectivity index (χ2v) is 16.4. The Morgan fingerprint density at radius 2 is 0.929 bits per heavy atom. The highest BCUT2D eigenvalue weighted by Gasteiger charge is 2.44. The van der Waals surface area contributed by atoms with Gasteiger partial charge in [-0.05, 0) is 75.7 Å². The van der Waals surface area contributed by atoms with Gasteiger partial charge in [0, 0.05) is 36.1 Å². The van der Waals surface area contributed by atoms with Gasteiger partial charge < -0.3 is 10.2 Å². The SMILES string of the molecule is CC1=C(/C=C/C(C)=C/C=C/C(C)=C/C=C/C=C(C)/C=C/C=C(C)/C=C/C2=C(C)C(=O)C([n+]3cccc(O)c3)CC2(C)C)C(C)(C)CC([n+]2cccc(O)c2)C1=O. The van der Waals surface area contributed by atoms with Crippen LogP contribution in [0.25, 0.3) is 0 Å². The molecule has 56 heavy (non-hydrogen) atoms. The zero-order chi connectivity index (χ0) is 41.2. The number of Topliss-reactive ketones (excluding diaryl/α,β-unsaturated/α-hetero) is 2. The van der Waals surface area contributed by atoms with E-state index in [9.17, 15) is 19.8 Å². The summed E-state index contributed by atoms with van der Waals surface area (Å²) in [5.41, 5.74) is 7.62. The van der Waals surface area contributed by atoms with E-state index in [4.69, 9.17) is 0 Å². The molecule has 0 saturated carbocycles. The van der Waals surface area contributed by atoms with E-state index >= 15 is 0 Å². The Labute approximate surface area is 334 Å². The van der Waals surface area contributed by atoms with Crippen LogP contribution in [0.5, 0.6) is 11.5 Å². The summed E-state index contributed by atoms with van der Waals surface area (Å²) >= 11 is 0. The van der Waals surface area contributed by atoms with Crippen LogP contribution in [-0.4, -0.2) is 21.8 Å². The van der Waals surface area contributed by atoms with Crippen LogP contribution in [0.15, 0.2) is 179 Å². The number of nitrogens with zero attached hydrogens (tertiary/aromatic N) is 2. The normalized spacial score (nSPS) is 21.7. The predicted molar refractivity (Wildman–Crippen MR) is 228 cm³/mol.